The molecule has 0 fully saturated rings. The van der Waals surface area contributed by atoms with E-state index in [2.05, 4.69) is 60.3 Å². The fraction of sp³-hybridized carbons (Fsp3) is 0.389. The van der Waals surface area contributed by atoms with E-state index in [-0.39, 0.29) is 12.1 Å². The van der Waals surface area contributed by atoms with Gasteiger partial charge in [-0.1, -0.05) is 23.8 Å². The van der Waals surface area contributed by atoms with Crippen molar-refractivity contribution in [2.45, 2.75) is 33.4 Å². The van der Waals surface area contributed by atoms with Gasteiger partial charge in [-0.2, -0.15) is 0 Å². The molecule has 1 aromatic heterocycles. The summed E-state index contributed by atoms with van der Waals surface area (Å²) < 4.78 is 2.25. The van der Waals surface area contributed by atoms with Crippen molar-refractivity contribution in [1.29, 1.82) is 0 Å². The number of nitrogens with zero attached hydrogens (tertiary/aromatic N) is 2. The minimum atomic E-state index is -0.0177. The molecular weight excluding hydrogens is 274 g/mol. The minimum absolute atomic E-state index is 0.0138. The zero-order valence-electron chi connectivity index (χ0n) is 13.5. The number of carbonyl (C=O) groups is 1. The Hall–Kier alpha value is -2.23. The molecule has 1 aromatic carbocycles. The van der Waals surface area contributed by atoms with Crippen molar-refractivity contribution in [3.8, 4) is 0 Å². The smallest absolute Gasteiger partial charge is 0.318 e. The zero-order chi connectivity index (χ0) is 15.7. The average Bonchev–Trinajstić information content (AvgIpc) is 2.95. The van der Waals surface area contributed by atoms with E-state index in [1.165, 1.54) is 22.4 Å². The second-order valence-corrected chi connectivity index (χ2v) is 5.92. The molecule has 0 aliphatic carbocycles. The second-order valence-electron chi connectivity index (χ2n) is 5.92. The Labute approximate surface area is 131 Å². The SMILES string of the molecule is CCNC(=O)N1CCn2cccc2C1c1ccc(C)cc1C. The molecule has 2 heterocycles. The quantitative estimate of drug-likeness (QED) is 0.908. The Morgan fingerprint density at radius 1 is 1.27 bits per heavy atom. The number of rotatable bonds is 2. The third kappa shape index (κ3) is 2.49. The lowest BCUT2D eigenvalue weighted by Gasteiger charge is -2.38. The molecular formula is C18H23N3O. The van der Waals surface area contributed by atoms with Crippen LogP contribution in [0, 0.1) is 13.8 Å². The van der Waals surface area contributed by atoms with E-state index in [4.69, 9.17) is 0 Å². The zero-order valence-corrected chi connectivity index (χ0v) is 13.5. The highest BCUT2D eigenvalue weighted by atomic mass is 16.2. The summed E-state index contributed by atoms with van der Waals surface area (Å²) in [5, 5.41) is 2.95. The first kappa shape index (κ1) is 14.7. The van der Waals surface area contributed by atoms with Gasteiger partial charge in [0.05, 0.1) is 6.04 Å². The molecule has 3 rings (SSSR count). The number of fused-ring (bicyclic) bond motifs is 1. The molecule has 4 heteroatoms. The highest BCUT2D eigenvalue weighted by Crippen LogP contribution is 2.34. The van der Waals surface area contributed by atoms with Gasteiger partial charge in [-0.15, -0.1) is 0 Å². The maximum absolute atomic E-state index is 12.5. The van der Waals surface area contributed by atoms with E-state index in [9.17, 15) is 4.79 Å². The molecule has 0 saturated heterocycles. The highest BCUT2D eigenvalue weighted by molar-refractivity contribution is 5.75. The third-order valence-electron chi connectivity index (χ3n) is 4.35. The van der Waals surface area contributed by atoms with E-state index in [0.29, 0.717) is 6.54 Å². The predicted molar refractivity (Wildman–Crippen MR) is 88.0 cm³/mol. The number of hydrogen-bond donors (Lipinski definition) is 1. The van der Waals surface area contributed by atoms with E-state index < -0.39 is 0 Å². The van der Waals surface area contributed by atoms with Gasteiger partial charge in [-0.05, 0) is 44.0 Å². The molecule has 116 valence electrons. The lowest BCUT2D eigenvalue weighted by atomic mass is 9.94. The van der Waals surface area contributed by atoms with Crippen LogP contribution < -0.4 is 5.32 Å². The molecule has 2 aromatic rings. The molecule has 0 spiro atoms. The van der Waals surface area contributed by atoms with Crippen LogP contribution in [0.1, 0.15) is 35.3 Å². The van der Waals surface area contributed by atoms with Crippen LogP contribution in [-0.4, -0.2) is 28.6 Å². The van der Waals surface area contributed by atoms with Crippen molar-refractivity contribution in [1.82, 2.24) is 14.8 Å². The molecule has 1 unspecified atom stereocenters. The summed E-state index contributed by atoms with van der Waals surface area (Å²) >= 11 is 0. The second kappa shape index (κ2) is 5.87. The third-order valence-corrected chi connectivity index (χ3v) is 4.35. The van der Waals surface area contributed by atoms with Crippen LogP contribution >= 0.6 is 0 Å². The first-order chi connectivity index (χ1) is 10.6. The van der Waals surface area contributed by atoms with Crippen LogP contribution in [0.4, 0.5) is 4.79 Å². The predicted octanol–water partition coefficient (Wildman–Crippen LogP) is 3.24. The van der Waals surface area contributed by atoms with Crippen molar-refractivity contribution in [2.75, 3.05) is 13.1 Å². The molecule has 4 nitrogen and oxygen atoms in total. The molecule has 22 heavy (non-hydrogen) atoms. The van der Waals surface area contributed by atoms with E-state index in [1.54, 1.807) is 0 Å². The molecule has 0 bridgehead atoms. The number of aryl methyl sites for hydroxylation is 2. The van der Waals surface area contributed by atoms with Crippen molar-refractivity contribution in [3.05, 3.63) is 58.9 Å². The lowest BCUT2D eigenvalue weighted by Crippen LogP contribution is -2.47. The number of nitrogens with one attached hydrogen (secondary N) is 1. The summed E-state index contributed by atoms with van der Waals surface area (Å²) in [7, 11) is 0. The summed E-state index contributed by atoms with van der Waals surface area (Å²) in [6.07, 6.45) is 2.10. The monoisotopic (exact) mass is 297 g/mol. The fourth-order valence-electron chi connectivity index (χ4n) is 3.31. The van der Waals surface area contributed by atoms with Gasteiger partial charge in [0.25, 0.3) is 0 Å². The van der Waals surface area contributed by atoms with Crippen LogP contribution in [0.5, 0.6) is 0 Å². The molecule has 0 saturated carbocycles. The number of carbonyl (C=O) groups excluding carboxylic acids is 1. The van der Waals surface area contributed by atoms with Crippen LogP contribution in [0.25, 0.3) is 0 Å². The standard InChI is InChI=1S/C18H23N3O/c1-4-19-18(22)21-11-10-20-9-5-6-16(20)17(21)15-8-7-13(2)12-14(15)3/h5-9,12,17H,4,10-11H2,1-3H3,(H,19,22). The van der Waals surface area contributed by atoms with Gasteiger partial charge in [0, 0.05) is 31.5 Å². The fourth-order valence-corrected chi connectivity index (χ4v) is 3.31. The van der Waals surface area contributed by atoms with E-state index in [0.717, 1.165) is 13.1 Å². The summed E-state index contributed by atoms with van der Waals surface area (Å²) in [6.45, 7) is 8.40. The van der Waals surface area contributed by atoms with E-state index in [1.807, 2.05) is 11.8 Å². The van der Waals surface area contributed by atoms with Crippen molar-refractivity contribution < 1.29 is 4.79 Å². The first-order valence-electron chi connectivity index (χ1n) is 7.88. The average molecular weight is 297 g/mol. The van der Waals surface area contributed by atoms with Crippen molar-refractivity contribution in [2.24, 2.45) is 0 Å². The van der Waals surface area contributed by atoms with Gasteiger partial charge in [-0.3, -0.25) is 0 Å². The molecule has 1 aliphatic rings. The van der Waals surface area contributed by atoms with Crippen molar-refractivity contribution in [3.63, 3.8) is 0 Å². The molecule has 1 N–H and O–H groups in total. The Morgan fingerprint density at radius 2 is 2.09 bits per heavy atom. The lowest BCUT2D eigenvalue weighted by molar-refractivity contribution is 0.169. The minimum Gasteiger partial charge on any atom is -0.348 e. The van der Waals surface area contributed by atoms with Gasteiger partial charge in [0.1, 0.15) is 0 Å². The number of benzene rings is 1. The Bertz CT molecular complexity index is 689. The van der Waals surface area contributed by atoms with Gasteiger partial charge < -0.3 is 14.8 Å². The maximum Gasteiger partial charge on any atom is 0.318 e. The van der Waals surface area contributed by atoms with Gasteiger partial charge in [0.2, 0.25) is 0 Å². The van der Waals surface area contributed by atoms with Crippen molar-refractivity contribution >= 4 is 6.03 Å². The van der Waals surface area contributed by atoms with Gasteiger partial charge in [0.15, 0.2) is 0 Å². The Balaban J connectivity index is 2.07. The largest absolute Gasteiger partial charge is 0.348 e. The van der Waals surface area contributed by atoms with Crippen LogP contribution in [0.2, 0.25) is 0 Å². The molecule has 1 atom stereocenters. The number of aromatic nitrogens is 1. The van der Waals surface area contributed by atoms with Gasteiger partial charge >= 0.3 is 6.03 Å². The molecule has 2 amide bonds. The number of urea groups is 1. The first-order valence-corrected chi connectivity index (χ1v) is 7.88. The van der Waals surface area contributed by atoms with Crippen LogP contribution in [0.15, 0.2) is 36.5 Å². The Morgan fingerprint density at radius 3 is 2.82 bits per heavy atom. The highest BCUT2D eigenvalue weighted by Gasteiger charge is 2.32. The Kier molecular flexibility index (Phi) is 3.92. The van der Waals surface area contributed by atoms with Gasteiger partial charge in [-0.25, -0.2) is 4.79 Å². The topological polar surface area (TPSA) is 37.3 Å². The summed E-state index contributed by atoms with van der Waals surface area (Å²) in [6, 6.07) is 10.6. The molecule has 0 radical (unpaired) electrons. The maximum atomic E-state index is 12.5. The summed E-state index contributed by atoms with van der Waals surface area (Å²) in [5.41, 5.74) is 4.87. The normalized spacial score (nSPS) is 17.2. The van der Waals surface area contributed by atoms with Crippen LogP contribution in [0.3, 0.4) is 0 Å². The number of hydrogen-bond acceptors (Lipinski definition) is 1. The number of amides is 2. The summed E-state index contributed by atoms with van der Waals surface area (Å²) in [4.78, 5) is 14.5. The molecule has 1 aliphatic heterocycles. The van der Waals surface area contributed by atoms with E-state index >= 15 is 0 Å². The van der Waals surface area contributed by atoms with Crippen LogP contribution in [-0.2, 0) is 6.54 Å². The summed E-state index contributed by atoms with van der Waals surface area (Å²) in [5.74, 6) is 0.